The third kappa shape index (κ3) is 3.50. The molecule has 0 unspecified atom stereocenters. The molecule has 0 bridgehead atoms. The topological polar surface area (TPSA) is 41.6 Å². The first-order valence-electron chi connectivity index (χ1n) is 7.86. The fourth-order valence-corrected chi connectivity index (χ4v) is 4.48. The van der Waals surface area contributed by atoms with E-state index >= 15 is 0 Å². The molecule has 7 heteroatoms. The first kappa shape index (κ1) is 17.5. The summed E-state index contributed by atoms with van der Waals surface area (Å²) in [6.45, 7) is 4.01. The molecule has 1 fully saturated rings. The molecule has 2 heterocycles. The molecular weight excluding hydrogens is 364 g/mol. The molecule has 1 aliphatic heterocycles. The van der Waals surface area contributed by atoms with Gasteiger partial charge in [0.05, 0.1) is 12.1 Å². The molecular formula is C17H19ClN2O2S2. The van der Waals surface area contributed by atoms with Crippen molar-refractivity contribution in [1.29, 1.82) is 0 Å². The molecule has 1 aromatic carbocycles. The molecule has 0 spiro atoms. The van der Waals surface area contributed by atoms with Crippen molar-refractivity contribution in [3.8, 4) is 5.75 Å². The number of rotatable bonds is 2. The smallest absolute Gasteiger partial charge is 0.269 e. The lowest BCUT2D eigenvalue weighted by molar-refractivity contribution is 0.0976. The van der Waals surface area contributed by atoms with Crippen molar-refractivity contribution in [2.24, 2.45) is 5.92 Å². The summed E-state index contributed by atoms with van der Waals surface area (Å²) in [6.07, 6.45) is 2.19. The molecule has 0 saturated carbocycles. The Morgan fingerprint density at radius 3 is 2.79 bits per heavy atom. The van der Waals surface area contributed by atoms with Crippen LogP contribution in [-0.4, -0.2) is 36.1 Å². The molecule has 1 aliphatic rings. The number of carbonyl (C=O) groups excluding carboxylic acids is 1. The van der Waals surface area contributed by atoms with Gasteiger partial charge in [0.2, 0.25) is 0 Å². The predicted molar refractivity (Wildman–Crippen MR) is 103 cm³/mol. The van der Waals surface area contributed by atoms with Gasteiger partial charge in [-0.15, -0.1) is 11.3 Å². The maximum absolute atomic E-state index is 12.6. The Balaban J connectivity index is 1.76. The summed E-state index contributed by atoms with van der Waals surface area (Å²) < 4.78 is 6.14. The first-order chi connectivity index (χ1) is 11.5. The van der Waals surface area contributed by atoms with E-state index in [1.807, 2.05) is 18.2 Å². The summed E-state index contributed by atoms with van der Waals surface area (Å²) in [4.78, 5) is 15.1. The second-order valence-electron chi connectivity index (χ2n) is 6.04. The molecule has 3 rings (SSSR count). The van der Waals surface area contributed by atoms with Crippen LogP contribution in [0.4, 0.5) is 0 Å². The lowest BCUT2D eigenvalue weighted by Gasteiger charge is -2.32. The van der Waals surface area contributed by atoms with Crippen LogP contribution in [0.2, 0.25) is 5.02 Å². The molecule has 4 nitrogen and oxygen atoms in total. The Morgan fingerprint density at radius 1 is 1.42 bits per heavy atom. The molecule has 1 aromatic heterocycles. The molecule has 0 atom stereocenters. The van der Waals surface area contributed by atoms with E-state index in [0.29, 0.717) is 20.9 Å². The minimum Gasteiger partial charge on any atom is -0.497 e. The number of hydrogen-bond donors (Lipinski definition) is 1. The van der Waals surface area contributed by atoms with E-state index in [1.54, 1.807) is 7.11 Å². The number of nitrogens with one attached hydrogen (secondary N) is 1. The minimum absolute atomic E-state index is 0.246. The van der Waals surface area contributed by atoms with Crippen LogP contribution in [0.15, 0.2) is 18.2 Å². The van der Waals surface area contributed by atoms with Crippen LogP contribution in [0.3, 0.4) is 0 Å². The largest absolute Gasteiger partial charge is 0.497 e. The average molecular weight is 383 g/mol. The Kier molecular flexibility index (Phi) is 5.27. The van der Waals surface area contributed by atoms with Gasteiger partial charge in [-0.3, -0.25) is 10.1 Å². The number of halogens is 1. The number of hydrogen-bond acceptors (Lipinski definition) is 4. The van der Waals surface area contributed by atoms with E-state index < -0.39 is 0 Å². The van der Waals surface area contributed by atoms with Crippen LogP contribution in [0.5, 0.6) is 5.75 Å². The summed E-state index contributed by atoms with van der Waals surface area (Å²) in [5.41, 5.74) is 0. The maximum Gasteiger partial charge on any atom is 0.269 e. The Labute approximate surface area is 155 Å². The molecule has 1 amide bonds. The standard InChI is InChI=1S/C17H19ClN2O2S2/c1-10-5-7-20(8-6-10)17(23)19-16(21)15-14(18)12-4-3-11(22-2)9-13(12)24-15/h3-4,9-10H,5-8H2,1-2H3,(H,19,21,23). The number of fused-ring (bicyclic) bond motifs is 1. The third-order valence-corrected chi connectivity index (χ3v) is 6.35. The fraction of sp³-hybridized carbons (Fsp3) is 0.412. The molecule has 1 N–H and O–H groups in total. The Hall–Kier alpha value is -1.37. The number of likely N-dealkylation sites (tertiary alicyclic amines) is 1. The summed E-state index contributed by atoms with van der Waals surface area (Å²) in [5.74, 6) is 1.21. The van der Waals surface area contributed by atoms with Gasteiger partial charge in [0.1, 0.15) is 10.6 Å². The second kappa shape index (κ2) is 7.25. The van der Waals surface area contributed by atoms with E-state index in [0.717, 1.165) is 41.8 Å². The van der Waals surface area contributed by atoms with Crippen molar-refractivity contribution >= 4 is 56.3 Å². The van der Waals surface area contributed by atoms with Gasteiger partial charge in [-0.25, -0.2) is 0 Å². The number of methoxy groups -OCH3 is 1. The number of thiophene rings is 1. The number of amides is 1. The number of ether oxygens (including phenoxy) is 1. The monoisotopic (exact) mass is 382 g/mol. The zero-order valence-electron chi connectivity index (χ0n) is 13.6. The highest BCUT2D eigenvalue weighted by Gasteiger charge is 2.22. The highest BCUT2D eigenvalue weighted by molar-refractivity contribution is 7.80. The fourth-order valence-electron chi connectivity index (χ4n) is 2.76. The molecule has 128 valence electrons. The molecule has 24 heavy (non-hydrogen) atoms. The molecule has 0 aliphatic carbocycles. The number of carbonyl (C=O) groups is 1. The van der Waals surface area contributed by atoms with E-state index in [-0.39, 0.29) is 5.91 Å². The van der Waals surface area contributed by atoms with Gasteiger partial charge in [-0.2, -0.15) is 0 Å². The quantitative estimate of drug-likeness (QED) is 0.786. The van der Waals surface area contributed by atoms with E-state index in [2.05, 4.69) is 17.1 Å². The van der Waals surface area contributed by atoms with Gasteiger partial charge in [-0.05, 0) is 49.2 Å². The average Bonchev–Trinajstić information content (AvgIpc) is 2.91. The van der Waals surface area contributed by atoms with Gasteiger partial charge in [0, 0.05) is 23.2 Å². The number of benzene rings is 1. The summed E-state index contributed by atoms with van der Waals surface area (Å²) >= 11 is 13.1. The Morgan fingerprint density at radius 2 is 2.12 bits per heavy atom. The maximum atomic E-state index is 12.6. The van der Waals surface area contributed by atoms with Crippen LogP contribution >= 0.6 is 35.2 Å². The van der Waals surface area contributed by atoms with Crippen LogP contribution in [0, 0.1) is 5.92 Å². The second-order valence-corrected chi connectivity index (χ2v) is 7.85. The van der Waals surface area contributed by atoms with Crippen molar-refractivity contribution in [2.75, 3.05) is 20.2 Å². The van der Waals surface area contributed by atoms with Crippen molar-refractivity contribution in [3.05, 3.63) is 28.1 Å². The van der Waals surface area contributed by atoms with E-state index in [4.69, 9.17) is 28.6 Å². The van der Waals surface area contributed by atoms with Gasteiger partial charge in [0.25, 0.3) is 5.91 Å². The summed E-state index contributed by atoms with van der Waals surface area (Å²) in [5, 5.41) is 4.62. The van der Waals surface area contributed by atoms with Crippen LogP contribution in [0.25, 0.3) is 10.1 Å². The molecule has 2 aromatic rings. The van der Waals surface area contributed by atoms with Gasteiger partial charge < -0.3 is 9.64 Å². The van der Waals surface area contributed by atoms with Crippen molar-refractivity contribution in [2.45, 2.75) is 19.8 Å². The zero-order chi connectivity index (χ0) is 17.3. The number of piperidine rings is 1. The highest BCUT2D eigenvalue weighted by atomic mass is 35.5. The van der Waals surface area contributed by atoms with E-state index in [9.17, 15) is 4.79 Å². The lowest BCUT2D eigenvalue weighted by atomic mass is 10.00. The number of nitrogens with zero attached hydrogens (tertiary/aromatic N) is 1. The summed E-state index contributed by atoms with van der Waals surface area (Å²) in [7, 11) is 1.61. The third-order valence-electron chi connectivity index (χ3n) is 4.33. The van der Waals surface area contributed by atoms with Crippen LogP contribution in [-0.2, 0) is 0 Å². The number of thiocarbonyl (C=S) groups is 1. The van der Waals surface area contributed by atoms with Gasteiger partial charge in [-0.1, -0.05) is 18.5 Å². The molecule has 1 saturated heterocycles. The predicted octanol–water partition coefficient (Wildman–Crippen LogP) is 4.31. The Bertz CT molecular complexity index is 782. The van der Waals surface area contributed by atoms with Crippen LogP contribution < -0.4 is 10.1 Å². The van der Waals surface area contributed by atoms with E-state index in [1.165, 1.54) is 11.3 Å². The summed E-state index contributed by atoms with van der Waals surface area (Å²) in [6, 6.07) is 5.59. The van der Waals surface area contributed by atoms with Crippen molar-refractivity contribution in [1.82, 2.24) is 10.2 Å². The van der Waals surface area contributed by atoms with Gasteiger partial charge >= 0.3 is 0 Å². The van der Waals surface area contributed by atoms with Gasteiger partial charge in [0.15, 0.2) is 5.11 Å². The lowest BCUT2D eigenvalue weighted by Crippen LogP contribution is -2.45. The highest BCUT2D eigenvalue weighted by Crippen LogP contribution is 2.37. The normalized spacial score (nSPS) is 15.5. The van der Waals surface area contributed by atoms with Crippen molar-refractivity contribution in [3.63, 3.8) is 0 Å². The zero-order valence-corrected chi connectivity index (χ0v) is 16.0. The van der Waals surface area contributed by atoms with Crippen molar-refractivity contribution < 1.29 is 9.53 Å². The molecule has 0 radical (unpaired) electrons. The first-order valence-corrected chi connectivity index (χ1v) is 9.46. The SMILES string of the molecule is COc1ccc2c(Cl)c(C(=O)NC(=S)N3CCC(C)CC3)sc2c1. The van der Waals surface area contributed by atoms with Crippen LogP contribution in [0.1, 0.15) is 29.4 Å². The minimum atomic E-state index is -0.246.